The van der Waals surface area contributed by atoms with Crippen molar-refractivity contribution in [3.8, 4) is 0 Å². The first-order valence-electron chi connectivity index (χ1n) is 8.03. The van der Waals surface area contributed by atoms with Crippen molar-refractivity contribution in [3.05, 3.63) is 30.0 Å². The Labute approximate surface area is 162 Å². The fourth-order valence-electron chi connectivity index (χ4n) is 1.77. The maximum atomic E-state index is 10.9. The monoisotopic (exact) mass is 398 g/mol. The molecular formula is C16H26N6O6. The van der Waals surface area contributed by atoms with Gasteiger partial charge < -0.3 is 31.1 Å². The Morgan fingerprint density at radius 2 is 2.07 bits per heavy atom. The van der Waals surface area contributed by atoms with E-state index in [2.05, 4.69) is 24.7 Å². The number of nitrogens with zero attached hydrogens (tertiary/aromatic N) is 4. The highest BCUT2D eigenvalue weighted by Crippen LogP contribution is 2.05. The number of nitrogens with two attached hydrogens (primary N) is 2. The van der Waals surface area contributed by atoms with Crippen molar-refractivity contribution in [3.63, 3.8) is 0 Å². The highest BCUT2D eigenvalue weighted by molar-refractivity contribution is 5.75. The van der Waals surface area contributed by atoms with Crippen molar-refractivity contribution < 1.29 is 29.6 Å². The number of hydrogen-bond donors (Lipinski definition) is 4. The molecule has 0 saturated carbocycles. The lowest BCUT2D eigenvalue weighted by molar-refractivity contribution is -0.188. The van der Waals surface area contributed by atoms with Crippen molar-refractivity contribution in [1.82, 2.24) is 9.55 Å². The summed E-state index contributed by atoms with van der Waals surface area (Å²) in [5, 5.41) is 17.4. The normalized spacial score (nSPS) is 13.8. The summed E-state index contributed by atoms with van der Waals surface area (Å²) < 4.78 is 1.74. The van der Waals surface area contributed by atoms with Gasteiger partial charge in [-0.05, 0) is 6.92 Å². The van der Waals surface area contributed by atoms with Gasteiger partial charge in [0.1, 0.15) is 6.04 Å². The average molecular weight is 398 g/mol. The Hall–Kier alpha value is -3.25. The van der Waals surface area contributed by atoms with Crippen LogP contribution >= 0.6 is 0 Å². The lowest BCUT2D eigenvalue weighted by Crippen LogP contribution is -2.30. The van der Waals surface area contributed by atoms with Crippen molar-refractivity contribution in [1.29, 1.82) is 0 Å². The first-order valence-corrected chi connectivity index (χ1v) is 8.03. The molecule has 1 aromatic heterocycles. The van der Waals surface area contributed by atoms with E-state index in [1.807, 2.05) is 7.05 Å². The number of rotatable bonds is 10. The van der Waals surface area contributed by atoms with Crippen LogP contribution in [-0.4, -0.2) is 63.6 Å². The van der Waals surface area contributed by atoms with Gasteiger partial charge in [-0.1, -0.05) is 6.08 Å². The van der Waals surface area contributed by atoms with Gasteiger partial charge >= 0.3 is 11.9 Å². The smallest absolute Gasteiger partial charge is 0.328 e. The van der Waals surface area contributed by atoms with Crippen LogP contribution in [0, 0.1) is 0 Å². The van der Waals surface area contributed by atoms with Crippen LogP contribution in [0.1, 0.15) is 19.0 Å². The van der Waals surface area contributed by atoms with Crippen LogP contribution in [0.4, 0.5) is 0 Å². The minimum Gasteiger partial charge on any atom is -0.480 e. The van der Waals surface area contributed by atoms with Gasteiger partial charge in [-0.25, -0.2) is 19.8 Å². The van der Waals surface area contributed by atoms with Crippen LogP contribution in [0.5, 0.6) is 0 Å². The minimum absolute atomic E-state index is 0.194. The molecule has 2 atom stereocenters. The number of aliphatic carboxylic acids is 2. The second kappa shape index (κ2) is 13.9. The minimum atomic E-state index is -1.04. The first-order chi connectivity index (χ1) is 13.2. The van der Waals surface area contributed by atoms with Gasteiger partial charge in [-0.15, -0.1) is 0 Å². The zero-order valence-electron chi connectivity index (χ0n) is 15.9. The molecule has 0 aliphatic heterocycles. The molecule has 0 bridgehead atoms. The van der Waals surface area contributed by atoms with Crippen LogP contribution in [0.25, 0.3) is 0 Å². The van der Waals surface area contributed by atoms with Gasteiger partial charge in [0.15, 0.2) is 6.04 Å². The van der Waals surface area contributed by atoms with Crippen molar-refractivity contribution in [2.45, 2.75) is 31.8 Å². The molecular weight excluding hydrogens is 372 g/mol. The van der Waals surface area contributed by atoms with Gasteiger partial charge in [0.2, 0.25) is 6.40 Å². The van der Waals surface area contributed by atoms with E-state index < -0.39 is 24.0 Å². The lowest BCUT2D eigenvalue weighted by atomic mass is 10.2. The Bertz CT molecular complexity index is 700. The molecule has 1 aromatic rings. The maximum absolute atomic E-state index is 10.9. The van der Waals surface area contributed by atoms with Crippen LogP contribution in [0.3, 0.4) is 0 Å². The van der Waals surface area contributed by atoms with E-state index in [4.69, 9.17) is 21.7 Å². The summed E-state index contributed by atoms with van der Waals surface area (Å²) in [7, 11) is 3.12. The standard InChI is InChI=1S/C9H13N3O4.C7H13N3O2/c1-12-4-7(10-5-12)3-8(9(13)14)11-6-16-15-2;1-2-5(10-4-8)3-6(9)7(11)12/h4-6,8H,3H2,1-2H3,(H,13,14);2,4,6H,3,9H2,1H3,(H2,8,10)(H,11,12)/b;5-2-/t8-;6-/m00/s1. The highest BCUT2D eigenvalue weighted by Gasteiger charge is 2.17. The fraction of sp³-hybridized carbons (Fsp3) is 0.438. The summed E-state index contributed by atoms with van der Waals surface area (Å²) in [5.41, 5.74) is 11.5. The van der Waals surface area contributed by atoms with E-state index in [0.29, 0.717) is 11.4 Å². The van der Waals surface area contributed by atoms with Crippen molar-refractivity contribution in [2.24, 2.45) is 28.5 Å². The van der Waals surface area contributed by atoms with Crippen LogP contribution in [0.2, 0.25) is 0 Å². The predicted octanol–water partition coefficient (Wildman–Crippen LogP) is -0.299. The van der Waals surface area contributed by atoms with Crippen molar-refractivity contribution in [2.75, 3.05) is 7.11 Å². The summed E-state index contributed by atoms with van der Waals surface area (Å²) in [6.45, 7) is 1.75. The summed E-state index contributed by atoms with van der Waals surface area (Å²) in [6.07, 6.45) is 7.49. The van der Waals surface area contributed by atoms with E-state index in [1.165, 1.54) is 7.11 Å². The number of hydrogen-bond acceptors (Lipinski definition) is 8. The third-order valence-electron chi connectivity index (χ3n) is 3.15. The number of aliphatic imine (C=N–C) groups is 2. The molecule has 0 aliphatic rings. The first kappa shape index (κ1) is 24.8. The molecule has 6 N–H and O–H groups in total. The third-order valence-corrected chi connectivity index (χ3v) is 3.15. The molecule has 12 heteroatoms. The van der Waals surface area contributed by atoms with E-state index in [1.54, 1.807) is 30.1 Å². The molecule has 0 aromatic carbocycles. The van der Waals surface area contributed by atoms with Gasteiger partial charge in [0.25, 0.3) is 0 Å². The number of aryl methyl sites for hydroxylation is 1. The molecule has 0 unspecified atom stereocenters. The molecule has 0 fully saturated rings. The molecule has 12 nitrogen and oxygen atoms in total. The van der Waals surface area contributed by atoms with Gasteiger partial charge in [0, 0.05) is 31.8 Å². The number of aromatic nitrogens is 2. The number of carboxylic acid groups (broad SMARTS) is 2. The topological polar surface area (TPSA) is 188 Å². The summed E-state index contributed by atoms with van der Waals surface area (Å²) >= 11 is 0. The summed E-state index contributed by atoms with van der Waals surface area (Å²) in [6, 6.07) is -1.84. The van der Waals surface area contributed by atoms with Crippen LogP contribution < -0.4 is 11.5 Å². The zero-order valence-corrected chi connectivity index (χ0v) is 15.9. The maximum Gasteiger partial charge on any atom is 0.328 e. The Kier molecular flexibility index (Phi) is 12.3. The fourth-order valence-corrected chi connectivity index (χ4v) is 1.77. The third kappa shape index (κ3) is 10.7. The van der Waals surface area contributed by atoms with Gasteiger partial charge in [-0.3, -0.25) is 4.79 Å². The second-order valence-electron chi connectivity index (χ2n) is 5.31. The van der Waals surface area contributed by atoms with Gasteiger partial charge in [0.05, 0.1) is 25.5 Å². The molecule has 0 aliphatic carbocycles. The number of carbonyl (C=O) groups is 2. The zero-order chi connectivity index (χ0) is 21.5. The highest BCUT2D eigenvalue weighted by atomic mass is 17.2. The Balaban J connectivity index is 0.000000546. The largest absolute Gasteiger partial charge is 0.480 e. The molecule has 0 amide bonds. The van der Waals surface area contributed by atoms with Crippen LogP contribution in [-0.2, 0) is 32.8 Å². The van der Waals surface area contributed by atoms with E-state index in [9.17, 15) is 9.59 Å². The SMILES string of the molecule is C/C=C(/C[C@H](N)C(=O)O)N=CN.COOC=N[C@@H](Cc1cn(C)cn1)C(=O)O. The predicted molar refractivity (Wildman–Crippen MR) is 102 cm³/mol. The molecule has 156 valence electrons. The van der Waals surface area contributed by atoms with Crippen LogP contribution in [0.15, 0.2) is 34.3 Å². The molecule has 0 radical (unpaired) electrons. The summed E-state index contributed by atoms with van der Waals surface area (Å²) in [5.74, 6) is -2.08. The molecule has 0 saturated heterocycles. The molecule has 0 spiro atoms. The van der Waals surface area contributed by atoms with E-state index in [-0.39, 0.29) is 12.8 Å². The second-order valence-corrected chi connectivity index (χ2v) is 5.31. The number of allylic oxidation sites excluding steroid dienone is 1. The van der Waals surface area contributed by atoms with E-state index >= 15 is 0 Å². The molecule has 1 heterocycles. The number of carboxylic acids is 2. The van der Waals surface area contributed by atoms with Crippen molar-refractivity contribution >= 4 is 24.7 Å². The Morgan fingerprint density at radius 1 is 1.39 bits per heavy atom. The van der Waals surface area contributed by atoms with E-state index in [0.717, 1.165) is 12.7 Å². The lowest BCUT2D eigenvalue weighted by Gasteiger charge is -2.05. The quantitative estimate of drug-likeness (QED) is 0.177. The Morgan fingerprint density at radius 3 is 2.50 bits per heavy atom. The molecule has 1 rings (SSSR count). The summed E-state index contributed by atoms with van der Waals surface area (Å²) in [4.78, 5) is 41.3. The average Bonchev–Trinajstić information content (AvgIpc) is 3.05. The van der Waals surface area contributed by atoms with Gasteiger partial charge in [-0.2, -0.15) is 4.89 Å². The number of imidazole rings is 1. The molecule has 28 heavy (non-hydrogen) atoms.